The molecule has 0 heterocycles. The van der Waals surface area contributed by atoms with E-state index in [1.54, 1.807) is 42.5 Å². The van der Waals surface area contributed by atoms with Crippen molar-refractivity contribution >= 4 is 38.2 Å². The molecule has 0 aliphatic heterocycles. The van der Waals surface area contributed by atoms with E-state index < -0.39 is 10.0 Å². The molecule has 4 aromatic rings. The molecule has 4 aromatic carbocycles. The third kappa shape index (κ3) is 4.40. The highest BCUT2D eigenvalue weighted by Gasteiger charge is 2.19. The lowest BCUT2D eigenvalue weighted by Crippen LogP contribution is -2.13. The number of aryl methyl sites for hydroxylation is 3. The zero-order valence-electron chi connectivity index (χ0n) is 17.5. The number of phenols is 1. The number of phenolic OH excluding ortho intramolecular Hbond substituents is 1. The fraction of sp³-hybridized carbons (Fsp3) is 0.120. The van der Waals surface area contributed by atoms with Crippen LogP contribution in [-0.2, 0) is 10.0 Å². The quantitative estimate of drug-likeness (QED) is 0.345. The minimum atomic E-state index is -3.78. The standard InChI is InChI=1S/C25H23NO3S2/c1-16-8-11-19(12-9-16)31(28,29)26-22-15-24(25(27)21-7-5-4-6-20(21)22)30-23-13-10-17(2)14-18(23)3/h4-15,26-27H,1-3H3. The average Bonchev–Trinajstić information content (AvgIpc) is 2.73. The predicted molar refractivity (Wildman–Crippen MR) is 128 cm³/mol. The van der Waals surface area contributed by atoms with E-state index in [2.05, 4.69) is 10.8 Å². The molecule has 4 nitrogen and oxygen atoms in total. The zero-order valence-corrected chi connectivity index (χ0v) is 19.1. The first-order chi connectivity index (χ1) is 14.7. The maximum Gasteiger partial charge on any atom is 0.261 e. The van der Waals surface area contributed by atoms with Crippen molar-refractivity contribution in [3.8, 4) is 5.75 Å². The lowest BCUT2D eigenvalue weighted by atomic mass is 10.1. The molecule has 0 aliphatic rings. The summed E-state index contributed by atoms with van der Waals surface area (Å²) in [5.41, 5.74) is 3.68. The predicted octanol–water partition coefficient (Wildman–Crippen LogP) is 6.42. The number of benzene rings is 4. The lowest BCUT2D eigenvalue weighted by molar-refractivity contribution is 0.469. The summed E-state index contributed by atoms with van der Waals surface area (Å²) < 4.78 is 28.8. The van der Waals surface area contributed by atoms with E-state index in [0.717, 1.165) is 21.6 Å². The van der Waals surface area contributed by atoms with E-state index in [1.807, 2.05) is 45.0 Å². The SMILES string of the molecule is Cc1ccc(S(=O)(=O)Nc2cc(Sc3ccc(C)cc3C)c(O)c3ccccc23)cc1. The van der Waals surface area contributed by atoms with Crippen molar-refractivity contribution < 1.29 is 13.5 Å². The van der Waals surface area contributed by atoms with Gasteiger partial charge in [-0.05, 0) is 50.6 Å². The average molecular weight is 450 g/mol. The molecule has 0 saturated heterocycles. The minimum Gasteiger partial charge on any atom is -0.506 e. The van der Waals surface area contributed by atoms with Gasteiger partial charge in [0.25, 0.3) is 10.0 Å². The van der Waals surface area contributed by atoms with Crippen LogP contribution in [0.5, 0.6) is 5.75 Å². The third-order valence-corrected chi connectivity index (χ3v) is 7.70. The van der Waals surface area contributed by atoms with Gasteiger partial charge in [-0.15, -0.1) is 0 Å². The smallest absolute Gasteiger partial charge is 0.261 e. The molecule has 0 aromatic heterocycles. The number of nitrogens with one attached hydrogen (secondary N) is 1. The van der Waals surface area contributed by atoms with E-state index >= 15 is 0 Å². The summed E-state index contributed by atoms with van der Waals surface area (Å²) in [6, 6.07) is 21.8. The van der Waals surface area contributed by atoms with Crippen LogP contribution in [0.2, 0.25) is 0 Å². The first kappa shape index (κ1) is 21.3. The zero-order chi connectivity index (χ0) is 22.2. The maximum atomic E-state index is 13.0. The summed E-state index contributed by atoms with van der Waals surface area (Å²) in [6.07, 6.45) is 0. The van der Waals surface area contributed by atoms with Gasteiger partial charge in [0.1, 0.15) is 5.75 Å². The normalized spacial score (nSPS) is 11.6. The van der Waals surface area contributed by atoms with Crippen molar-refractivity contribution in [2.75, 3.05) is 4.72 Å². The summed E-state index contributed by atoms with van der Waals surface area (Å²) in [4.78, 5) is 1.79. The summed E-state index contributed by atoms with van der Waals surface area (Å²) >= 11 is 1.42. The molecular weight excluding hydrogens is 426 g/mol. The molecule has 0 amide bonds. The van der Waals surface area contributed by atoms with Gasteiger partial charge in [-0.25, -0.2) is 8.42 Å². The van der Waals surface area contributed by atoms with Gasteiger partial charge in [-0.3, -0.25) is 4.72 Å². The molecular formula is C25H23NO3S2. The largest absolute Gasteiger partial charge is 0.506 e. The van der Waals surface area contributed by atoms with E-state index in [4.69, 9.17) is 0 Å². The molecule has 2 N–H and O–H groups in total. The van der Waals surface area contributed by atoms with Gasteiger partial charge in [-0.2, -0.15) is 0 Å². The van der Waals surface area contributed by atoms with Crippen molar-refractivity contribution in [1.29, 1.82) is 0 Å². The molecule has 0 unspecified atom stereocenters. The van der Waals surface area contributed by atoms with E-state index in [1.165, 1.54) is 11.8 Å². The maximum absolute atomic E-state index is 13.0. The van der Waals surface area contributed by atoms with Gasteiger partial charge in [0.15, 0.2) is 0 Å². The topological polar surface area (TPSA) is 66.4 Å². The second kappa shape index (κ2) is 8.29. The van der Waals surface area contributed by atoms with Crippen molar-refractivity contribution in [3.63, 3.8) is 0 Å². The number of rotatable bonds is 5. The molecule has 0 bridgehead atoms. The van der Waals surface area contributed by atoms with Gasteiger partial charge in [-0.1, -0.05) is 71.4 Å². The molecule has 0 spiro atoms. The Morgan fingerprint density at radius 3 is 2.10 bits per heavy atom. The molecule has 158 valence electrons. The Labute approximate surface area is 187 Å². The van der Waals surface area contributed by atoms with Crippen LogP contribution in [-0.4, -0.2) is 13.5 Å². The van der Waals surface area contributed by atoms with Gasteiger partial charge in [0.2, 0.25) is 0 Å². The van der Waals surface area contributed by atoms with Crippen LogP contribution >= 0.6 is 11.8 Å². The van der Waals surface area contributed by atoms with Crippen LogP contribution < -0.4 is 4.72 Å². The second-order valence-electron chi connectivity index (χ2n) is 7.61. The third-order valence-electron chi connectivity index (χ3n) is 5.11. The van der Waals surface area contributed by atoms with Crippen LogP contribution in [0, 0.1) is 20.8 Å². The van der Waals surface area contributed by atoms with Gasteiger partial charge in [0.05, 0.1) is 15.5 Å². The second-order valence-corrected chi connectivity index (χ2v) is 10.4. The van der Waals surface area contributed by atoms with Crippen LogP contribution in [0.1, 0.15) is 16.7 Å². The van der Waals surface area contributed by atoms with E-state index in [-0.39, 0.29) is 10.6 Å². The molecule has 0 aliphatic carbocycles. The molecule has 6 heteroatoms. The molecule has 31 heavy (non-hydrogen) atoms. The molecule has 0 saturated carbocycles. The Bertz CT molecular complexity index is 1380. The number of hydrogen-bond acceptors (Lipinski definition) is 4. The number of fused-ring (bicyclic) bond motifs is 1. The van der Waals surface area contributed by atoms with Crippen molar-refractivity contribution in [1.82, 2.24) is 0 Å². The minimum absolute atomic E-state index is 0.138. The number of aromatic hydroxyl groups is 1. The van der Waals surface area contributed by atoms with Crippen molar-refractivity contribution in [2.45, 2.75) is 35.5 Å². The Morgan fingerprint density at radius 2 is 1.42 bits per heavy atom. The van der Waals surface area contributed by atoms with Gasteiger partial charge >= 0.3 is 0 Å². The summed E-state index contributed by atoms with van der Waals surface area (Å²) in [5.74, 6) is 0.138. The highest BCUT2D eigenvalue weighted by Crippen LogP contribution is 2.43. The first-order valence-electron chi connectivity index (χ1n) is 9.84. The van der Waals surface area contributed by atoms with E-state index in [0.29, 0.717) is 21.4 Å². The van der Waals surface area contributed by atoms with Crippen LogP contribution in [0.25, 0.3) is 10.8 Å². The van der Waals surface area contributed by atoms with Crippen LogP contribution in [0.4, 0.5) is 5.69 Å². The van der Waals surface area contributed by atoms with Crippen LogP contribution in [0.15, 0.2) is 87.5 Å². The fourth-order valence-corrected chi connectivity index (χ4v) is 5.50. The molecule has 0 radical (unpaired) electrons. The summed E-state index contributed by atoms with van der Waals surface area (Å²) in [6.45, 7) is 5.97. The number of sulfonamides is 1. The highest BCUT2D eigenvalue weighted by molar-refractivity contribution is 7.99. The molecule has 0 atom stereocenters. The molecule has 0 fully saturated rings. The Morgan fingerprint density at radius 1 is 0.774 bits per heavy atom. The highest BCUT2D eigenvalue weighted by atomic mass is 32.2. The fourth-order valence-electron chi connectivity index (χ4n) is 3.45. The number of anilines is 1. The molecule has 4 rings (SSSR count). The van der Waals surface area contributed by atoms with E-state index in [9.17, 15) is 13.5 Å². The first-order valence-corrected chi connectivity index (χ1v) is 12.1. The van der Waals surface area contributed by atoms with Gasteiger partial charge in [0, 0.05) is 15.7 Å². The Balaban J connectivity index is 1.81. The summed E-state index contributed by atoms with van der Waals surface area (Å²) in [7, 11) is -3.78. The van der Waals surface area contributed by atoms with Crippen LogP contribution in [0.3, 0.4) is 0 Å². The van der Waals surface area contributed by atoms with Crippen molar-refractivity contribution in [2.24, 2.45) is 0 Å². The Kier molecular flexibility index (Phi) is 5.69. The number of hydrogen-bond donors (Lipinski definition) is 2. The monoisotopic (exact) mass is 449 g/mol. The Hall–Kier alpha value is -2.96. The summed E-state index contributed by atoms with van der Waals surface area (Å²) in [5, 5.41) is 12.2. The lowest BCUT2D eigenvalue weighted by Gasteiger charge is -2.16. The van der Waals surface area contributed by atoms with Crippen molar-refractivity contribution in [3.05, 3.63) is 89.5 Å². The van der Waals surface area contributed by atoms with Gasteiger partial charge < -0.3 is 5.11 Å².